The van der Waals surface area contributed by atoms with Gasteiger partial charge in [-0.1, -0.05) is 29.3 Å². The van der Waals surface area contributed by atoms with Crippen LogP contribution in [0.1, 0.15) is 5.56 Å². The minimum atomic E-state index is -3.76. The number of nitrogens with zero attached hydrogens (tertiary/aromatic N) is 2. The van der Waals surface area contributed by atoms with Gasteiger partial charge >= 0.3 is 0 Å². The molecular formula is C19H22Cl2N2O4S. The highest BCUT2D eigenvalue weighted by molar-refractivity contribution is 7.89. The van der Waals surface area contributed by atoms with Gasteiger partial charge < -0.3 is 14.4 Å². The summed E-state index contributed by atoms with van der Waals surface area (Å²) in [6, 6.07) is 8.61. The topological polar surface area (TPSA) is 59.1 Å². The first kappa shape index (κ1) is 21.0. The molecule has 0 radical (unpaired) electrons. The molecule has 0 N–H and O–H groups in total. The van der Waals surface area contributed by atoms with Crippen LogP contribution in [0.5, 0.6) is 11.5 Å². The summed E-state index contributed by atoms with van der Waals surface area (Å²) < 4.78 is 38.3. The molecule has 1 heterocycles. The van der Waals surface area contributed by atoms with Crippen molar-refractivity contribution in [2.75, 3.05) is 45.3 Å². The minimum absolute atomic E-state index is 0.0450. The highest BCUT2D eigenvalue weighted by Gasteiger charge is 2.32. The zero-order valence-corrected chi connectivity index (χ0v) is 18.2. The monoisotopic (exact) mass is 444 g/mol. The number of hydrogen-bond acceptors (Lipinski definition) is 5. The molecule has 6 nitrogen and oxygen atoms in total. The first-order valence-corrected chi connectivity index (χ1v) is 10.9. The van der Waals surface area contributed by atoms with E-state index >= 15 is 0 Å². The molecule has 0 bridgehead atoms. The number of hydrogen-bond donors (Lipinski definition) is 0. The van der Waals surface area contributed by atoms with Crippen molar-refractivity contribution < 1.29 is 17.9 Å². The van der Waals surface area contributed by atoms with Crippen molar-refractivity contribution >= 4 is 38.9 Å². The molecule has 2 aromatic carbocycles. The average molecular weight is 445 g/mol. The lowest BCUT2D eigenvalue weighted by molar-refractivity contribution is 0.371. The smallest absolute Gasteiger partial charge is 0.247 e. The van der Waals surface area contributed by atoms with E-state index < -0.39 is 10.0 Å². The Hall–Kier alpha value is -1.67. The highest BCUT2D eigenvalue weighted by Crippen LogP contribution is 2.37. The van der Waals surface area contributed by atoms with Gasteiger partial charge in [-0.15, -0.1) is 0 Å². The molecular weight excluding hydrogens is 423 g/mol. The summed E-state index contributed by atoms with van der Waals surface area (Å²) in [6.45, 7) is 3.79. The second-order valence-electron chi connectivity index (χ2n) is 6.41. The molecule has 28 heavy (non-hydrogen) atoms. The fourth-order valence-electron chi connectivity index (χ4n) is 3.28. The Balaban J connectivity index is 1.85. The first-order chi connectivity index (χ1) is 13.3. The molecule has 1 fully saturated rings. The highest BCUT2D eigenvalue weighted by atomic mass is 35.5. The van der Waals surface area contributed by atoms with Crippen LogP contribution in [0.3, 0.4) is 0 Å². The molecule has 152 valence electrons. The summed E-state index contributed by atoms with van der Waals surface area (Å²) in [5.41, 5.74) is 2.01. The van der Waals surface area contributed by atoms with Gasteiger partial charge in [0.05, 0.1) is 19.2 Å². The van der Waals surface area contributed by atoms with Crippen LogP contribution in [0.2, 0.25) is 10.0 Å². The Bertz CT molecular complexity index is 974. The third-order valence-corrected chi connectivity index (χ3v) is 7.50. The van der Waals surface area contributed by atoms with Crippen LogP contribution in [0.25, 0.3) is 0 Å². The number of piperazine rings is 1. The van der Waals surface area contributed by atoms with Crippen LogP contribution in [-0.4, -0.2) is 53.1 Å². The lowest BCUT2D eigenvalue weighted by Gasteiger charge is -2.36. The third-order valence-electron chi connectivity index (χ3n) is 4.87. The molecule has 0 aliphatic carbocycles. The van der Waals surface area contributed by atoms with Gasteiger partial charge in [-0.25, -0.2) is 8.42 Å². The number of halogens is 2. The maximum absolute atomic E-state index is 13.2. The van der Waals surface area contributed by atoms with Gasteiger partial charge in [0.15, 0.2) is 0 Å². The average Bonchev–Trinajstić information content (AvgIpc) is 2.69. The number of rotatable bonds is 5. The van der Waals surface area contributed by atoms with Crippen molar-refractivity contribution in [3.8, 4) is 11.5 Å². The molecule has 1 aliphatic rings. The molecule has 0 spiro atoms. The van der Waals surface area contributed by atoms with E-state index in [2.05, 4.69) is 4.90 Å². The van der Waals surface area contributed by atoms with E-state index in [-0.39, 0.29) is 16.4 Å². The van der Waals surface area contributed by atoms with Gasteiger partial charge in [-0.3, -0.25) is 0 Å². The largest absolute Gasteiger partial charge is 0.495 e. The molecule has 0 aromatic heterocycles. The third kappa shape index (κ3) is 3.89. The fraction of sp³-hybridized carbons (Fsp3) is 0.368. The van der Waals surface area contributed by atoms with Gasteiger partial charge in [-0.2, -0.15) is 4.31 Å². The summed E-state index contributed by atoms with van der Waals surface area (Å²) >= 11 is 12.3. The first-order valence-electron chi connectivity index (χ1n) is 8.71. The van der Waals surface area contributed by atoms with Crippen LogP contribution in [0, 0.1) is 6.92 Å². The fourth-order valence-corrected chi connectivity index (χ4v) is 5.26. The zero-order valence-electron chi connectivity index (χ0n) is 15.9. The van der Waals surface area contributed by atoms with Gasteiger partial charge in [0, 0.05) is 49.0 Å². The molecule has 0 atom stereocenters. The molecule has 0 unspecified atom stereocenters. The van der Waals surface area contributed by atoms with E-state index in [1.54, 1.807) is 0 Å². The maximum Gasteiger partial charge on any atom is 0.247 e. The van der Waals surface area contributed by atoms with E-state index in [0.29, 0.717) is 36.2 Å². The second kappa shape index (κ2) is 8.37. The van der Waals surface area contributed by atoms with Crippen LogP contribution < -0.4 is 14.4 Å². The molecule has 0 amide bonds. The van der Waals surface area contributed by atoms with Crippen molar-refractivity contribution in [2.45, 2.75) is 11.8 Å². The van der Waals surface area contributed by atoms with Gasteiger partial charge in [0.2, 0.25) is 10.0 Å². The zero-order chi connectivity index (χ0) is 20.5. The summed E-state index contributed by atoms with van der Waals surface area (Å²) in [4.78, 5) is 2.19. The summed E-state index contributed by atoms with van der Waals surface area (Å²) in [5, 5.41) is 0.991. The number of anilines is 1. The van der Waals surface area contributed by atoms with Crippen molar-refractivity contribution in [1.82, 2.24) is 4.31 Å². The van der Waals surface area contributed by atoms with Crippen LogP contribution >= 0.6 is 23.2 Å². The molecule has 0 saturated carbocycles. The Kier molecular flexibility index (Phi) is 6.29. The molecule has 1 saturated heterocycles. The van der Waals surface area contributed by atoms with Gasteiger partial charge in [0.25, 0.3) is 0 Å². The lowest BCUT2D eigenvalue weighted by Crippen LogP contribution is -2.48. The Morgan fingerprint density at radius 2 is 1.57 bits per heavy atom. The van der Waals surface area contributed by atoms with Crippen molar-refractivity contribution in [2.24, 2.45) is 0 Å². The summed E-state index contributed by atoms with van der Waals surface area (Å²) in [5.74, 6) is 0.480. The van der Waals surface area contributed by atoms with E-state index in [4.69, 9.17) is 32.7 Å². The molecule has 3 rings (SSSR count). The van der Waals surface area contributed by atoms with Crippen molar-refractivity contribution in [1.29, 1.82) is 0 Å². The van der Waals surface area contributed by atoms with Crippen molar-refractivity contribution in [3.05, 3.63) is 45.9 Å². The number of sulfonamides is 1. The van der Waals surface area contributed by atoms with Gasteiger partial charge in [-0.05, 0) is 24.6 Å². The van der Waals surface area contributed by atoms with E-state index in [1.807, 2.05) is 25.1 Å². The van der Waals surface area contributed by atoms with Crippen LogP contribution in [0.4, 0.5) is 5.69 Å². The minimum Gasteiger partial charge on any atom is -0.495 e. The number of ether oxygens (including phenoxy) is 2. The SMILES string of the molecule is COc1cc(S(=O)(=O)N2CCN(c3cccc(Cl)c3C)CC2)c(OC)cc1Cl. The van der Waals surface area contributed by atoms with Crippen molar-refractivity contribution in [3.63, 3.8) is 0 Å². The second-order valence-corrected chi connectivity index (χ2v) is 9.13. The summed E-state index contributed by atoms with van der Waals surface area (Å²) in [6.07, 6.45) is 0. The van der Waals surface area contributed by atoms with Gasteiger partial charge in [0.1, 0.15) is 16.4 Å². The van der Waals surface area contributed by atoms with E-state index in [1.165, 1.54) is 30.7 Å². The Labute approximate surface area is 175 Å². The standard InChI is InChI=1S/C19H22Cl2N2O4S/c1-13-14(20)5-4-6-16(13)22-7-9-23(10-8-22)28(24,25)19-12-17(26-2)15(21)11-18(19)27-3/h4-6,11-12H,7-10H2,1-3H3. The van der Waals surface area contributed by atoms with E-state index in [9.17, 15) is 8.42 Å². The normalized spacial score (nSPS) is 15.5. The molecule has 9 heteroatoms. The van der Waals surface area contributed by atoms with Crippen LogP contribution in [0.15, 0.2) is 35.2 Å². The summed E-state index contributed by atoms with van der Waals surface area (Å²) in [7, 11) is -0.907. The predicted molar refractivity (Wildman–Crippen MR) is 112 cm³/mol. The lowest BCUT2D eigenvalue weighted by atomic mass is 10.1. The number of methoxy groups -OCH3 is 2. The molecule has 1 aliphatic heterocycles. The quantitative estimate of drug-likeness (QED) is 0.700. The molecule has 2 aromatic rings. The Morgan fingerprint density at radius 1 is 0.929 bits per heavy atom. The van der Waals surface area contributed by atoms with E-state index in [0.717, 1.165) is 11.3 Å². The Morgan fingerprint density at radius 3 is 2.18 bits per heavy atom. The number of benzene rings is 2. The van der Waals surface area contributed by atoms with Crippen LogP contribution in [-0.2, 0) is 10.0 Å². The predicted octanol–water partition coefficient (Wildman–Crippen LogP) is 3.83. The maximum atomic E-state index is 13.2.